The first-order valence-electron chi connectivity index (χ1n) is 8.25. The van der Waals surface area contributed by atoms with E-state index in [-0.39, 0.29) is 12.0 Å². The maximum Gasteiger partial charge on any atom is 0.247 e. The van der Waals surface area contributed by atoms with E-state index in [2.05, 4.69) is 23.1 Å². The molecule has 0 spiro atoms. The minimum atomic E-state index is -0.550. The summed E-state index contributed by atoms with van der Waals surface area (Å²) < 4.78 is 10.9. The Morgan fingerprint density at radius 1 is 1.43 bits per heavy atom. The average Bonchev–Trinajstić information content (AvgIpc) is 2.95. The fraction of sp³-hybridized carbons (Fsp3) is 0.611. The lowest BCUT2D eigenvalue weighted by Gasteiger charge is -2.42. The Balaban J connectivity index is 1.89. The third kappa shape index (κ3) is 2.77. The van der Waals surface area contributed by atoms with Gasteiger partial charge in [0.1, 0.15) is 5.54 Å². The number of fused-ring (bicyclic) bond motifs is 1. The number of carbonyl (C=O) groups is 1. The fourth-order valence-corrected chi connectivity index (χ4v) is 3.92. The number of nitrogens with zero attached hydrogens (tertiary/aromatic N) is 2. The number of hydrogen-bond acceptors (Lipinski definition) is 4. The Morgan fingerprint density at radius 3 is 2.96 bits per heavy atom. The third-order valence-corrected chi connectivity index (χ3v) is 5.11. The van der Waals surface area contributed by atoms with E-state index in [0.29, 0.717) is 26.3 Å². The number of hydrogen-bond donors (Lipinski definition) is 0. The molecule has 5 heteroatoms. The van der Waals surface area contributed by atoms with Crippen molar-refractivity contribution in [3.8, 4) is 0 Å². The van der Waals surface area contributed by atoms with E-state index in [1.165, 1.54) is 5.56 Å². The SMILES string of the molecule is COC[C@@H]1CN(C(=O)[C@@]2(N(C)C)CCc3ccccc32)CCO1. The molecule has 1 aliphatic carbocycles. The molecule has 5 nitrogen and oxygen atoms in total. The average molecular weight is 318 g/mol. The minimum Gasteiger partial charge on any atom is -0.382 e. The van der Waals surface area contributed by atoms with E-state index in [4.69, 9.17) is 9.47 Å². The second-order valence-electron chi connectivity index (χ2n) is 6.61. The van der Waals surface area contributed by atoms with Gasteiger partial charge < -0.3 is 14.4 Å². The van der Waals surface area contributed by atoms with E-state index >= 15 is 0 Å². The van der Waals surface area contributed by atoms with Gasteiger partial charge in [-0.2, -0.15) is 0 Å². The first-order chi connectivity index (χ1) is 11.1. The number of benzene rings is 1. The Bertz CT molecular complexity index is 573. The van der Waals surface area contributed by atoms with Gasteiger partial charge in [0.25, 0.3) is 0 Å². The van der Waals surface area contributed by atoms with E-state index in [9.17, 15) is 4.79 Å². The van der Waals surface area contributed by atoms with Gasteiger partial charge in [-0.3, -0.25) is 9.69 Å². The predicted molar refractivity (Wildman–Crippen MR) is 88.3 cm³/mol. The summed E-state index contributed by atoms with van der Waals surface area (Å²) in [7, 11) is 5.68. The number of amides is 1. The van der Waals surface area contributed by atoms with Crippen LogP contribution < -0.4 is 0 Å². The molecule has 0 radical (unpaired) electrons. The quantitative estimate of drug-likeness (QED) is 0.838. The molecule has 1 heterocycles. The summed E-state index contributed by atoms with van der Waals surface area (Å²) in [6.45, 7) is 2.35. The van der Waals surface area contributed by atoms with Crippen LogP contribution in [0.15, 0.2) is 24.3 Å². The summed E-state index contributed by atoms with van der Waals surface area (Å²) in [6, 6.07) is 8.33. The number of morpholine rings is 1. The lowest BCUT2D eigenvalue weighted by Crippen LogP contribution is -2.58. The molecule has 1 saturated heterocycles. The van der Waals surface area contributed by atoms with Crippen molar-refractivity contribution >= 4 is 5.91 Å². The lowest BCUT2D eigenvalue weighted by molar-refractivity contribution is -0.153. The van der Waals surface area contributed by atoms with Crippen molar-refractivity contribution in [3.63, 3.8) is 0 Å². The van der Waals surface area contributed by atoms with Gasteiger partial charge in [-0.1, -0.05) is 24.3 Å². The standard InChI is InChI=1S/C18H26N2O3/c1-19(2)18(9-8-14-6-4-5-7-16(14)18)17(21)20-10-11-23-15(12-20)13-22-3/h4-7,15H,8-13H2,1-3H3/t15-,18+/m0/s1. The fourth-order valence-electron chi connectivity index (χ4n) is 3.92. The first kappa shape index (κ1) is 16.4. The predicted octanol–water partition coefficient (Wildman–Crippen LogP) is 1.26. The van der Waals surface area contributed by atoms with Crippen molar-refractivity contribution in [2.45, 2.75) is 24.5 Å². The zero-order valence-corrected chi connectivity index (χ0v) is 14.2. The van der Waals surface area contributed by atoms with Crippen LogP contribution in [-0.4, -0.2) is 69.3 Å². The smallest absolute Gasteiger partial charge is 0.247 e. The maximum absolute atomic E-state index is 13.5. The van der Waals surface area contributed by atoms with Crippen molar-refractivity contribution in [1.29, 1.82) is 0 Å². The lowest BCUT2D eigenvalue weighted by atomic mass is 9.88. The molecular formula is C18H26N2O3. The van der Waals surface area contributed by atoms with Crippen molar-refractivity contribution < 1.29 is 14.3 Å². The monoisotopic (exact) mass is 318 g/mol. The van der Waals surface area contributed by atoms with Crippen LogP contribution in [0.2, 0.25) is 0 Å². The number of methoxy groups -OCH3 is 1. The van der Waals surface area contributed by atoms with Crippen LogP contribution in [0.4, 0.5) is 0 Å². The van der Waals surface area contributed by atoms with E-state index in [0.717, 1.165) is 18.4 Å². The molecule has 0 unspecified atom stereocenters. The topological polar surface area (TPSA) is 42.0 Å². The van der Waals surface area contributed by atoms with Crippen molar-refractivity contribution in [2.75, 3.05) is 47.5 Å². The molecule has 0 bridgehead atoms. The molecule has 1 aromatic rings. The minimum absolute atomic E-state index is 0.0337. The van der Waals surface area contributed by atoms with Gasteiger partial charge in [0.15, 0.2) is 0 Å². The molecule has 23 heavy (non-hydrogen) atoms. The second kappa shape index (κ2) is 6.59. The Labute approximate surface area is 138 Å². The molecule has 1 aromatic carbocycles. The Morgan fingerprint density at radius 2 is 2.22 bits per heavy atom. The number of aryl methyl sites for hydroxylation is 1. The number of likely N-dealkylation sites (N-methyl/N-ethyl adjacent to an activating group) is 1. The summed E-state index contributed by atoms with van der Waals surface area (Å²) in [5.41, 5.74) is 1.90. The summed E-state index contributed by atoms with van der Waals surface area (Å²) in [5.74, 6) is 0.192. The largest absolute Gasteiger partial charge is 0.382 e. The summed E-state index contributed by atoms with van der Waals surface area (Å²) in [5, 5.41) is 0. The van der Waals surface area contributed by atoms with Crippen LogP contribution in [0.3, 0.4) is 0 Å². The Kier molecular flexibility index (Phi) is 4.71. The van der Waals surface area contributed by atoms with Crippen LogP contribution in [0.25, 0.3) is 0 Å². The highest BCUT2D eigenvalue weighted by molar-refractivity contribution is 5.89. The van der Waals surface area contributed by atoms with Gasteiger partial charge in [-0.25, -0.2) is 0 Å². The molecular weight excluding hydrogens is 292 g/mol. The van der Waals surface area contributed by atoms with E-state index < -0.39 is 5.54 Å². The van der Waals surface area contributed by atoms with Crippen molar-refractivity contribution in [2.24, 2.45) is 0 Å². The molecule has 2 atom stereocenters. The zero-order chi connectivity index (χ0) is 16.4. The summed E-state index contributed by atoms with van der Waals surface area (Å²) in [4.78, 5) is 17.5. The highest BCUT2D eigenvalue weighted by atomic mass is 16.5. The van der Waals surface area contributed by atoms with Crippen LogP contribution >= 0.6 is 0 Å². The van der Waals surface area contributed by atoms with Gasteiger partial charge in [0.05, 0.1) is 19.3 Å². The number of rotatable bonds is 4. The Hall–Kier alpha value is -1.43. The van der Waals surface area contributed by atoms with E-state index in [1.807, 2.05) is 25.1 Å². The van der Waals surface area contributed by atoms with Crippen LogP contribution in [0.5, 0.6) is 0 Å². The molecule has 3 rings (SSSR count). The van der Waals surface area contributed by atoms with Crippen LogP contribution in [0.1, 0.15) is 17.5 Å². The third-order valence-electron chi connectivity index (χ3n) is 5.11. The molecule has 0 N–H and O–H groups in total. The molecule has 1 aliphatic heterocycles. The summed E-state index contributed by atoms with van der Waals surface area (Å²) >= 11 is 0. The highest BCUT2D eigenvalue weighted by Gasteiger charge is 2.49. The molecule has 2 aliphatic rings. The highest BCUT2D eigenvalue weighted by Crippen LogP contribution is 2.42. The van der Waals surface area contributed by atoms with Gasteiger partial charge in [0, 0.05) is 20.2 Å². The molecule has 1 fully saturated rings. The molecule has 0 saturated carbocycles. The zero-order valence-electron chi connectivity index (χ0n) is 14.2. The molecule has 1 amide bonds. The second-order valence-corrected chi connectivity index (χ2v) is 6.61. The van der Waals surface area contributed by atoms with Gasteiger partial charge in [-0.15, -0.1) is 0 Å². The van der Waals surface area contributed by atoms with Crippen molar-refractivity contribution in [1.82, 2.24) is 9.80 Å². The molecule has 126 valence electrons. The first-order valence-corrected chi connectivity index (χ1v) is 8.25. The van der Waals surface area contributed by atoms with Crippen LogP contribution in [-0.2, 0) is 26.2 Å². The van der Waals surface area contributed by atoms with Gasteiger partial charge >= 0.3 is 0 Å². The van der Waals surface area contributed by atoms with Crippen molar-refractivity contribution in [3.05, 3.63) is 35.4 Å². The van der Waals surface area contributed by atoms with Gasteiger partial charge in [0.2, 0.25) is 5.91 Å². The summed E-state index contributed by atoms with van der Waals surface area (Å²) in [6.07, 6.45) is 1.75. The molecule has 0 aromatic heterocycles. The normalized spacial score (nSPS) is 27.3. The number of carbonyl (C=O) groups excluding carboxylic acids is 1. The van der Waals surface area contributed by atoms with Crippen LogP contribution in [0, 0.1) is 0 Å². The number of ether oxygens (including phenoxy) is 2. The van der Waals surface area contributed by atoms with E-state index in [1.54, 1.807) is 7.11 Å². The maximum atomic E-state index is 13.5. The van der Waals surface area contributed by atoms with Gasteiger partial charge in [-0.05, 0) is 38.1 Å².